The van der Waals surface area contributed by atoms with E-state index in [0.29, 0.717) is 22.8 Å². The Bertz CT molecular complexity index is 563. The molecule has 2 N–H and O–H groups in total. The Morgan fingerprint density at radius 1 is 1.53 bits per heavy atom. The van der Waals surface area contributed by atoms with Gasteiger partial charge in [0.2, 0.25) is 0 Å². The van der Waals surface area contributed by atoms with E-state index in [4.69, 9.17) is 17.3 Å². The van der Waals surface area contributed by atoms with Gasteiger partial charge in [-0.2, -0.15) is 5.10 Å². The SMILES string of the molecule is CCC(=O)c1cnn(-c2cccc(Cl)c2)c1N. The van der Waals surface area contributed by atoms with Crippen LogP contribution >= 0.6 is 11.6 Å². The van der Waals surface area contributed by atoms with Crippen LogP contribution in [0.25, 0.3) is 5.69 Å². The number of anilines is 1. The molecular formula is C12H12ClN3O. The van der Waals surface area contributed by atoms with Crippen molar-refractivity contribution in [3.63, 3.8) is 0 Å². The number of rotatable bonds is 3. The van der Waals surface area contributed by atoms with E-state index in [-0.39, 0.29) is 5.78 Å². The third-order valence-electron chi connectivity index (χ3n) is 2.48. The predicted molar refractivity (Wildman–Crippen MR) is 67.6 cm³/mol. The van der Waals surface area contributed by atoms with Crippen molar-refractivity contribution in [2.45, 2.75) is 13.3 Å². The molecule has 0 bridgehead atoms. The van der Waals surface area contributed by atoms with Crippen molar-refractivity contribution in [1.82, 2.24) is 9.78 Å². The molecule has 88 valence electrons. The van der Waals surface area contributed by atoms with Crippen LogP contribution in [0.1, 0.15) is 23.7 Å². The van der Waals surface area contributed by atoms with Crippen LogP contribution in [0.3, 0.4) is 0 Å². The fraction of sp³-hybridized carbons (Fsp3) is 0.167. The van der Waals surface area contributed by atoms with Crippen molar-refractivity contribution in [2.24, 2.45) is 0 Å². The molecule has 2 aromatic rings. The van der Waals surface area contributed by atoms with Gasteiger partial charge in [-0.3, -0.25) is 4.79 Å². The van der Waals surface area contributed by atoms with Crippen molar-refractivity contribution in [3.05, 3.63) is 41.0 Å². The number of aromatic nitrogens is 2. The molecule has 1 aromatic carbocycles. The van der Waals surface area contributed by atoms with E-state index >= 15 is 0 Å². The predicted octanol–water partition coefficient (Wildman–Crippen LogP) is 2.70. The highest BCUT2D eigenvalue weighted by atomic mass is 35.5. The summed E-state index contributed by atoms with van der Waals surface area (Å²) in [7, 11) is 0. The monoisotopic (exact) mass is 249 g/mol. The molecule has 0 aliphatic carbocycles. The number of halogens is 1. The smallest absolute Gasteiger partial charge is 0.167 e. The second kappa shape index (κ2) is 4.59. The lowest BCUT2D eigenvalue weighted by atomic mass is 10.2. The summed E-state index contributed by atoms with van der Waals surface area (Å²) in [6.45, 7) is 1.79. The molecule has 0 saturated carbocycles. The normalized spacial score (nSPS) is 10.5. The lowest BCUT2D eigenvalue weighted by Gasteiger charge is -2.04. The van der Waals surface area contributed by atoms with Gasteiger partial charge < -0.3 is 5.73 Å². The molecule has 5 heteroatoms. The molecule has 0 aliphatic heterocycles. The molecule has 2 rings (SSSR count). The van der Waals surface area contributed by atoms with Crippen LogP contribution in [0, 0.1) is 0 Å². The minimum absolute atomic E-state index is 0.0178. The Labute approximate surface area is 104 Å². The van der Waals surface area contributed by atoms with E-state index in [1.807, 2.05) is 6.07 Å². The zero-order valence-corrected chi connectivity index (χ0v) is 10.1. The first-order valence-electron chi connectivity index (χ1n) is 5.26. The standard InChI is InChI=1S/C12H12ClN3O/c1-2-11(17)10-7-15-16(12(10)14)9-5-3-4-8(13)6-9/h3-7H,2,14H2,1H3. The summed E-state index contributed by atoms with van der Waals surface area (Å²) in [4.78, 5) is 11.6. The van der Waals surface area contributed by atoms with Gasteiger partial charge >= 0.3 is 0 Å². The highest BCUT2D eigenvalue weighted by Gasteiger charge is 2.14. The highest BCUT2D eigenvalue weighted by Crippen LogP contribution is 2.20. The van der Waals surface area contributed by atoms with Gasteiger partial charge in [-0.05, 0) is 18.2 Å². The van der Waals surface area contributed by atoms with E-state index in [9.17, 15) is 4.79 Å². The molecule has 0 aliphatic rings. The van der Waals surface area contributed by atoms with Crippen LogP contribution in [-0.2, 0) is 0 Å². The van der Waals surface area contributed by atoms with Gasteiger partial charge in [0.15, 0.2) is 5.78 Å². The van der Waals surface area contributed by atoms with Crippen LogP contribution in [0.2, 0.25) is 5.02 Å². The molecule has 1 aromatic heterocycles. The van der Waals surface area contributed by atoms with E-state index in [2.05, 4.69) is 5.10 Å². The van der Waals surface area contributed by atoms with Gasteiger partial charge in [-0.25, -0.2) is 4.68 Å². The lowest BCUT2D eigenvalue weighted by molar-refractivity contribution is 0.0989. The number of nitrogen functional groups attached to an aromatic ring is 1. The maximum absolute atomic E-state index is 11.6. The Hall–Kier alpha value is -1.81. The Balaban J connectivity index is 2.48. The van der Waals surface area contributed by atoms with Gasteiger partial charge in [0, 0.05) is 11.4 Å². The molecule has 0 amide bonds. The fourth-order valence-corrected chi connectivity index (χ4v) is 1.76. The van der Waals surface area contributed by atoms with Crippen LogP contribution < -0.4 is 5.73 Å². The quantitative estimate of drug-likeness (QED) is 0.851. The topological polar surface area (TPSA) is 60.9 Å². The van der Waals surface area contributed by atoms with Gasteiger partial charge in [0.05, 0.1) is 17.4 Å². The van der Waals surface area contributed by atoms with Crippen LogP contribution in [0.5, 0.6) is 0 Å². The average Bonchev–Trinajstić information content (AvgIpc) is 2.70. The number of carbonyl (C=O) groups excluding carboxylic acids is 1. The van der Waals surface area contributed by atoms with E-state index in [1.165, 1.54) is 10.9 Å². The van der Waals surface area contributed by atoms with E-state index in [0.717, 1.165) is 5.69 Å². The Morgan fingerprint density at radius 3 is 2.94 bits per heavy atom. The molecule has 0 radical (unpaired) electrons. The molecular weight excluding hydrogens is 238 g/mol. The Morgan fingerprint density at radius 2 is 2.29 bits per heavy atom. The second-order valence-corrected chi connectivity index (χ2v) is 4.05. The number of carbonyl (C=O) groups is 1. The minimum atomic E-state index is -0.0178. The molecule has 0 unspecified atom stereocenters. The van der Waals surface area contributed by atoms with Gasteiger partial charge in [-0.15, -0.1) is 0 Å². The minimum Gasteiger partial charge on any atom is -0.383 e. The first-order valence-corrected chi connectivity index (χ1v) is 5.64. The first-order chi connectivity index (χ1) is 8.13. The molecule has 17 heavy (non-hydrogen) atoms. The molecule has 1 heterocycles. The number of hydrogen-bond donors (Lipinski definition) is 1. The number of nitrogens with two attached hydrogens (primary N) is 1. The van der Waals surface area contributed by atoms with Crippen molar-refractivity contribution in [3.8, 4) is 5.69 Å². The summed E-state index contributed by atoms with van der Waals surface area (Å²) in [5.41, 5.74) is 7.09. The zero-order chi connectivity index (χ0) is 12.4. The van der Waals surface area contributed by atoms with E-state index < -0.39 is 0 Å². The summed E-state index contributed by atoms with van der Waals surface area (Å²) in [5.74, 6) is 0.329. The summed E-state index contributed by atoms with van der Waals surface area (Å²) < 4.78 is 1.51. The maximum Gasteiger partial charge on any atom is 0.167 e. The third-order valence-corrected chi connectivity index (χ3v) is 2.72. The summed E-state index contributed by atoms with van der Waals surface area (Å²) in [6.07, 6.45) is 1.90. The molecule has 0 atom stereocenters. The molecule has 0 spiro atoms. The zero-order valence-electron chi connectivity index (χ0n) is 9.35. The van der Waals surface area contributed by atoms with Crippen molar-refractivity contribution in [1.29, 1.82) is 0 Å². The first kappa shape index (κ1) is 11.7. The van der Waals surface area contributed by atoms with Crippen LogP contribution in [-0.4, -0.2) is 15.6 Å². The van der Waals surface area contributed by atoms with Crippen LogP contribution in [0.4, 0.5) is 5.82 Å². The fourth-order valence-electron chi connectivity index (χ4n) is 1.58. The van der Waals surface area contributed by atoms with E-state index in [1.54, 1.807) is 25.1 Å². The van der Waals surface area contributed by atoms with Gasteiger partial charge in [-0.1, -0.05) is 24.6 Å². The molecule has 0 saturated heterocycles. The summed E-state index contributed by atoms with van der Waals surface area (Å²) in [6, 6.07) is 7.14. The largest absolute Gasteiger partial charge is 0.383 e. The maximum atomic E-state index is 11.6. The molecule has 4 nitrogen and oxygen atoms in total. The lowest BCUT2D eigenvalue weighted by Crippen LogP contribution is -2.05. The third kappa shape index (κ3) is 2.17. The number of Topliss-reactive ketones (excluding diaryl/α,β-unsaturated/α-hetero) is 1. The van der Waals surface area contributed by atoms with Gasteiger partial charge in [0.25, 0.3) is 0 Å². The van der Waals surface area contributed by atoms with Crippen molar-refractivity contribution < 1.29 is 4.79 Å². The van der Waals surface area contributed by atoms with Crippen LogP contribution in [0.15, 0.2) is 30.5 Å². The van der Waals surface area contributed by atoms with Crippen molar-refractivity contribution in [2.75, 3.05) is 5.73 Å². The van der Waals surface area contributed by atoms with Crippen molar-refractivity contribution >= 4 is 23.2 Å². The number of nitrogens with zero attached hydrogens (tertiary/aromatic N) is 2. The number of hydrogen-bond acceptors (Lipinski definition) is 3. The Kier molecular flexibility index (Phi) is 3.15. The summed E-state index contributed by atoms with van der Waals surface area (Å²) >= 11 is 5.89. The van der Waals surface area contributed by atoms with Gasteiger partial charge in [0.1, 0.15) is 5.82 Å². The average molecular weight is 250 g/mol. The summed E-state index contributed by atoms with van der Waals surface area (Å²) in [5, 5.41) is 4.71. The number of ketones is 1. The number of benzene rings is 1. The highest BCUT2D eigenvalue weighted by molar-refractivity contribution is 6.30. The molecule has 0 fully saturated rings. The second-order valence-electron chi connectivity index (χ2n) is 3.61.